The zero-order valence-electron chi connectivity index (χ0n) is 5.47. The summed E-state index contributed by atoms with van der Waals surface area (Å²) in [5, 5.41) is 18.0. The highest BCUT2D eigenvalue weighted by Gasteiger charge is 2.33. The predicted octanol–water partition coefficient (Wildman–Crippen LogP) is -2.65. The number of aliphatic hydroxyl groups excluding tert-OH is 2. The van der Waals surface area contributed by atoms with Crippen LogP contribution in [0, 0.1) is 0 Å². The zero-order valence-corrected chi connectivity index (χ0v) is 5.47. The van der Waals surface area contributed by atoms with E-state index in [0.29, 0.717) is 0 Å². The zero-order chi connectivity index (χ0) is 7.72. The molecule has 0 aliphatic carbocycles. The maximum atomic E-state index is 9.13. The van der Waals surface area contributed by atoms with E-state index in [2.05, 4.69) is 0 Å². The van der Waals surface area contributed by atoms with Crippen molar-refractivity contribution in [1.29, 1.82) is 0 Å². The summed E-state index contributed by atoms with van der Waals surface area (Å²) in [5.74, 6) is 0. The van der Waals surface area contributed by atoms with Crippen LogP contribution in [0.4, 0.5) is 0 Å². The van der Waals surface area contributed by atoms with Gasteiger partial charge in [0.1, 0.15) is 0 Å². The molecule has 6 N–H and O–H groups in total. The minimum atomic E-state index is -1.09. The van der Waals surface area contributed by atoms with Gasteiger partial charge in [0, 0.05) is 0 Å². The van der Waals surface area contributed by atoms with Gasteiger partial charge in [-0.05, 0) is 0 Å². The highest BCUT2D eigenvalue weighted by Crippen LogP contribution is 2.09. The predicted molar refractivity (Wildman–Crippen MR) is 33.9 cm³/mol. The van der Waals surface area contributed by atoms with Crippen LogP contribution in [0.1, 0.15) is 0 Å². The molecular weight excluding hydrogens is 136 g/mol. The van der Waals surface area contributed by atoms with E-state index in [4.69, 9.17) is 26.4 Å². The largest absolute Gasteiger partial charge is 0.390 e. The minimum Gasteiger partial charge on any atom is -0.390 e. The second kappa shape index (κ2) is 2.81. The Morgan fingerprint density at radius 2 is 1.90 bits per heavy atom. The summed E-state index contributed by atoms with van der Waals surface area (Å²) in [6.07, 6.45) is -1.96. The van der Waals surface area contributed by atoms with E-state index >= 15 is 0 Å². The molecule has 4 atom stereocenters. The van der Waals surface area contributed by atoms with E-state index in [-0.39, 0.29) is 6.61 Å². The Balaban J connectivity index is 2.52. The maximum absolute atomic E-state index is 9.13. The Kier molecular flexibility index (Phi) is 2.22. The molecule has 60 valence electrons. The van der Waals surface area contributed by atoms with Crippen LogP contribution < -0.4 is 11.5 Å². The van der Waals surface area contributed by atoms with Crippen molar-refractivity contribution in [3.8, 4) is 0 Å². The summed E-state index contributed by atoms with van der Waals surface area (Å²) in [7, 11) is 0. The van der Waals surface area contributed by atoms with E-state index in [9.17, 15) is 0 Å². The van der Waals surface area contributed by atoms with Crippen molar-refractivity contribution in [3.05, 3.63) is 0 Å². The van der Waals surface area contributed by atoms with E-state index in [1.807, 2.05) is 0 Å². The molecule has 1 saturated heterocycles. The average Bonchev–Trinajstić information content (AvgIpc) is 1.93. The SMILES string of the molecule is NC1COC(O)C(N)C1O. The van der Waals surface area contributed by atoms with Gasteiger partial charge >= 0.3 is 0 Å². The van der Waals surface area contributed by atoms with Crippen molar-refractivity contribution in [2.45, 2.75) is 24.5 Å². The molecule has 0 aromatic heterocycles. The van der Waals surface area contributed by atoms with Crippen LogP contribution in [-0.4, -0.2) is 41.3 Å². The molecule has 1 fully saturated rings. The molecule has 0 bridgehead atoms. The normalized spacial score (nSPS) is 49.2. The monoisotopic (exact) mass is 148 g/mol. The number of hydrogen-bond acceptors (Lipinski definition) is 5. The standard InChI is InChI=1S/C5H12N2O3/c6-2-1-10-5(9)3(7)4(2)8/h2-5,8-9H,1,6-7H2. The molecule has 0 aromatic carbocycles. The van der Waals surface area contributed by atoms with Crippen LogP contribution in [-0.2, 0) is 4.74 Å². The van der Waals surface area contributed by atoms with E-state index in [1.165, 1.54) is 0 Å². The molecule has 0 radical (unpaired) electrons. The first-order valence-electron chi connectivity index (χ1n) is 3.12. The minimum absolute atomic E-state index is 0.149. The summed E-state index contributed by atoms with van der Waals surface area (Å²) in [6.45, 7) is 0.149. The highest BCUT2D eigenvalue weighted by molar-refractivity contribution is 4.87. The Labute approximate surface area is 58.6 Å². The summed E-state index contributed by atoms with van der Waals surface area (Å²) in [4.78, 5) is 0. The highest BCUT2D eigenvalue weighted by atomic mass is 16.6. The fourth-order valence-corrected chi connectivity index (χ4v) is 0.874. The van der Waals surface area contributed by atoms with Crippen LogP contribution in [0.5, 0.6) is 0 Å². The third-order valence-electron chi connectivity index (χ3n) is 1.62. The lowest BCUT2D eigenvalue weighted by molar-refractivity contribution is -0.172. The van der Waals surface area contributed by atoms with Crippen molar-refractivity contribution >= 4 is 0 Å². The number of ether oxygens (including phenoxy) is 1. The van der Waals surface area contributed by atoms with Gasteiger partial charge in [0.15, 0.2) is 6.29 Å². The molecule has 1 heterocycles. The number of nitrogens with two attached hydrogens (primary N) is 2. The van der Waals surface area contributed by atoms with Gasteiger partial charge in [-0.2, -0.15) is 0 Å². The first kappa shape index (κ1) is 7.90. The first-order valence-corrected chi connectivity index (χ1v) is 3.12. The molecule has 0 aromatic rings. The molecule has 10 heavy (non-hydrogen) atoms. The summed E-state index contributed by atoms with van der Waals surface area (Å²) in [6, 6.07) is -1.28. The maximum Gasteiger partial charge on any atom is 0.172 e. The molecule has 1 rings (SSSR count). The van der Waals surface area contributed by atoms with Gasteiger partial charge in [0.25, 0.3) is 0 Å². The molecule has 5 nitrogen and oxygen atoms in total. The second-order valence-electron chi connectivity index (χ2n) is 2.46. The number of rotatable bonds is 0. The molecule has 5 heteroatoms. The topological polar surface area (TPSA) is 102 Å². The van der Waals surface area contributed by atoms with Crippen molar-refractivity contribution in [2.24, 2.45) is 11.5 Å². The third-order valence-corrected chi connectivity index (χ3v) is 1.62. The smallest absolute Gasteiger partial charge is 0.172 e. The van der Waals surface area contributed by atoms with Crippen LogP contribution in [0.3, 0.4) is 0 Å². The summed E-state index contributed by atoms with van der Waals surface area (Å²) < 4.78 is 4.72. The third kappa shape index (κ3) is 1.28. The molecule has 4 unspecified atom stereocenters. The van der Waals surface area contributed by atoms with Crippen molar-refractivity contribution in [1.82, 2.24) is 0 Å². The Bertz CT molecular complexity index is 107. The Morgan fingerprint density at radius 3 is 2.40 bits per heavy atom. The number of aliphatic hydroxyl groups is 2. The molecular formula is C5H12N2O3. The average molecular weight is 148 g/mol. The van der Waals surface area contributed by atoms with Crippen molar-refractivity contribution in [2.75, 3.05) is 6.61 Å². The van der Waals surface area contributed by atoms with Gasteiger partial charge in [-0.25, -0.2) is 0 Å². The van der Waals surface area contributed by atoms with Gasteiger partial charge in [0.2, 0.25) is 0 Å². The first-order chi connectivity index (χ1) is 4.63. The Hall–Kier alpha value is -0.200. The number of hydrogen-bond donors (Lipinski definition) is 4. The van der Waals surface area contributed by atoms with Crippen LogP contribution in [0.15, 0.2) is 0 Å². The van der Waals surface area contributed by atoms with Gasteiger partial charge < -0.3 is 26.4 Å². The lowest BCUT2D eigenvalue weighted by Gasteiger charge is -2.33. The van der Waals surface area contributed by atoms with Gasteiger partial charge in [0.05, 0.1) is 24.8 Å². The van der Waals surface area contributed by atoms with Crippen molar-refractivity contribution in [3.63, 3.8) is 0 Å². The lowest BCUT2D eigenvalue weighted by atomic mass is 10.0. The second-order valence-corrected chi connectivity index (χ2v) is 2.46. The van der Waals surface area contributed by atoms with E-state index in [0.717, 1.165) is 0 Å². The molecule has 1 aliphatic heterocycles. The van der Waals surface area contributed by atoms with Crippen LogP contribution in [0.25, 0.3) is 0 Å². The molecule has 0 spiro atoms. The fraction of sp³-hybridized carbons (Fsp3) is 1.00. The van der Waals surface area contributed by atoms with Gasteiger partial charge in [-0.15, -0.1) is 0 Å². The van der Waals surface area contributed by atoms with Gasteiger partial charge in [-0.1, -0.05) is 0 Å². The lowest BCUT2D eigenvalue weighted by Crippen LogP contribution is -2.60. The molecule has 0 saturated carbocycles. The molecule has 1 aliphatic rings. The summed E-state index contributed by atoms with van der Waals surface area (Å²) in [5.41, 5.74) is 10.7. The van der Waals surface area contributed by atoms with Crippen molar-refractivity contribution < 1.29 is 14.9 Å². The quantitative estimate of drug-likeness (QED) is 0.300. The summed E-state index contributed by atoms with van der Waals surface area (Å²) >= 11 is 0. The van der Waals surface area contributed by atoms with Crippen LogP contribution >= 0.6 is 0 Å². The fourth-order valence-electron chi connectivity index (χ4n) is 0.874. The molecule has 0 amide bonds. The van der Waals surface area contributed by atoms with Crippen LogP contribution in [0.2, 0.25) is 0 Å². The van der Waals surface area contributed by atoms with E-state index in [1.54, 1.807) is 0 Å². The van der Waals surface area contributed by atoms with E-state index < -0.39 is 24.5 Å². The van der Waals surface area contributed by atoms with Gasteiger partial charge in [-0.3, -0.25) is 0 Å². The Morgan fingerprint density at radius 1 is 1.30 bits per heavy atom.